The van der Waals surface area contributed by atoms with E-state index in [1.54, 1.807) is 16.8 Å². The molecule has 0 spiro atoms. The molecule has 4 aromatic rings. The average Bonchev–Trinajstić information content (AvgIpc) is 3.28. The van der Waals surface area contributed by atoms with E-state index >= 15 is 0 Å². The van der Waals surface area contributed by atoms with Crippen LogP contribution in [0.3, 0.4) is 0 Å². The number of nitrogens with one attached hydrogen (secondary N) is 1. The number of carbonyl (C=O) groups excluding carboxylic acids is 1. The van der Waals surface area contributed by atoms with Crippen LogP contribution in [0.5, 0.6) is 0 Å². The predicted molar refractivity (Wildman–Crippen MR) is 98.3 cm³/mol. The van der Waals surface area contributed by atoms with Crippen molar-refractivity contribution in [2.24, 2.45) is 0 Å². The summed E-state index contributed by atoms with van der Waals surface area (Å²) in [6, 6.07) is 13.7. The maximum atomic E-state index is 13.0. The van der Waals surface area contributed by atoms with Crippen LogP contribution in [0.2, 0.25) is 0 Å². The van der Waals surface area contributed by atoms with Crippen molar-refractivity contribution in [1.82, 2.24) is 20.0 Å². The lowest BCUT2D eigenvalue weighted by atomic mass is 10.2. The molecule has 1 N–H and O–H groups in total. The minimum atomic E-state index is -0.293. The molecule has 0 radical (unpaired) electrons. The van der Waals surface area contributed by atoms with Gasteiger partial charge in [-0.25, -0.2) is 14.1 Å². The molecule has 0 aliphatic carbocycles. The van der Waals surface area contributed by atoms with E-state index in [1.165, 1.54) is 23.5 Å². The SMILES string of the molecule is O=C(CCn1nnc2ccccc21)Nc1nc(-c2ccc(F)cc2)cs1. The number of benzene rings is 2. The lowest BCUT2D eigenvalue weighted by Crippen LogP contribution is -2.15. The van der Waals surface area contributed by atoms with Crippen LogP contribution in [-0.2, 0) is 11.3 Å². The van der Waals surface area contributed by atoms with Crippen LogP contribution in [0.1, 0.15) is 6.42 Å². The summed E-state index contributed by atoms with van der Waals surface area (Å²) in [5.41, 5.74) is 3.20. The summed E-state index contributed by atoms with van der Waals surface area (Å²) in [7, 11) is 0. The van der Waals surface area contributed by atoms with Gasteiger partial charge >= 0.3 is 0 Å². The predicted octanol–water partition coefficient (Wildman–Crippen LogP) is 3.72. The lowest BCUT2D eigenvalue weighted by molar-refractivity contribution is -0.116. The van der Waals surface area contributed by atoms with Crippen molar-refractivity contribution in [2.45, 2.75) is 13.0 Å². The molecule has 8 heteroatoms. The summed E-state index contributed by atoms with van der Waals surface area (Å²) in [4.78, 5) is 16.6. The van der Waals surface area contributed by atoms with Crippen LogP contribution in [0, 0.1) is 5.82 Å². The molecular formula is C18H14FN5OS. The Morgan fingerprint density at radius 1 is 1.15 bits per heavy atom. The Balaban J connectivity index is 1.38. The van der Waals surface area contributed by atoms with E-state index < -0.39 is 0 Å². The van der Waals surface area contributed by atoms with Gasteiger partial charge in [-0.05, 0) is 36.4 Å². The van der Waals surface area contributed by atoms with E-state index in [4.69, 9.17) is 0 Å². The second kappa shape index (κ2) is 7.01. The topological polar surface area (TPSA) is 72.7 Å². The molecule has 0 bridgehead atoms. The smallest absolute Gasteiger partial charge is 0.228 e. The maximum Gasteiger partial charge on any atom is 0.228 e. The highest BCUT2D eigenvalue weighted by Crippen LogP contribution is 2.25. The molecule has 130 valence electrons. The second-order valence-corrected chi connectivity index (χ2v) is 6.50. The van der Waals surface area contributed by atoms with Crippen LogP contribution < -0.4 is 5.32 Å². The van der Waals surface area contributed by atoms with Gasteiger partial charge in [0, 0.05) is 17.4 Å². The first kappa shape index (κ1) is 16.3. The maximum absolute atomic E-state index is 13.0. The Morgan fingerprint density at radius 3 is 2.81 bits per heavy atom. The normalized spacial score (nSPS) is 11.0. The highest BCUT2D eigenvalue weighted by atomic mass is 32.1. The van der Waals surface area contributed by atoms with Gasteiger partial charge in [0.15, 0.2) is 5.13 Å². The minimum absolute atomic E-state index is 0.149. The summed E-state index contributed by atoms with van der Waals surface area (Å²) < 4.78 is 14.7. The van der Waals surface area contributed by atoms with Gasteiger partial charge in [0.2, 0.25) is 5.91 Å². The first-order valence-electron chi connectivity index (χ1n) is 7.98. The number of amides is 1. The minimum Gasteiger partial charge on any atom is -0.302 e. The summed E-state index contributed by atoms with van der Waals surface area (Å²) in [5.74, 6) is -0.442. The van der Waals surface area contributed by atoms with Crippen molar-refractivity contribution in [3.05, 3.63) is 59.7 Å². The molecule has 0 aliphatic rings. The zero-order valence-electron chi connectivity index (χ0n) is 13.6. The van der Waals surface area contributed by atoms with E-state index in [0.717, 1.165) is 16.6 Å². The van der Waals surface area contributed by atoms with Crippen molar-refractivity contribution >= 4 is 33.4 Å². The molecule has 0 aliphatic heterocycles. The number of aromatic nitrogens is 4. The highest BCUT2D eigenvalue weighted by molar-refractivity contribution is 7.14. The van der Waals surface area contributed by atoms with Crippen molar-refractivity contribution in [2.75, 3.05) is 5.32 Å². The number of hydrogen-bond donors (Lipinski definition) is 1. The lowest BCUT2D eigenvalue weighted by Gasteiger charge is -2.03. The van der Waals surface area contributed by atoms with Crippen molar-refractivity contribution < 1.29 is 9.18 Å². The van der Waals surface area contributed by atoms with E-state index in [-0.39, 0.29) is 18.1 Å². The fourth-order valence-electron chi connectivity index (χ4n) is 2.56. The van der Waals surface area contributed by atoms with Gasteiger partial charge in [-0.15, -0.1) is 16.4 Å². The van der Waals surface area contributed by atoms with Gasteiger partial charge in [0.1, 0.15) is 11.3 Å². The zero-order chi connectivity index (χ0) is 17.9. The molecule has 0 saturated heterocycles. The Morgan fingerprint density at radius 2 is 1.96 bits per heavy atom. The highest BCUT2D eigenvalue weighted by Gasteiger charge is 2.10. The number of thiazole rings is 1. The van der Waals surface area contributed by atoms with Gasteiger partial charge in [0.05, 0.1) is 17.8 Å². The first-order valence-corrected chi connectivity index (χ1v) is 8.86. The number of nitrogens with zero attached hydrogens (tertiary/aromatic N) is 4. The Bertz CT molecular complexity index is 1060. The van der Waals surface area contributed by atoms with Gasteiger partial charge in [-0.1, -0.05) is 17.3 Å². The summed E-state index contributed by atoms with van der Waals surface area (Å²) in [6.07, 6.45) is 0.263. The number of rotatable bonds is 5. The number of fused-ring (bicyclic) bond motifs is 1. The fraction of sp³-hybridized carbons (Fsp3) is 0.111. The molecule has 0 saturated carbocycles. The molecule has 6 nitrogen and oxygen atoms in total. The Hall–Kier alpha value is -3.13. The van der Waals surface area contributed by atoms with Crippen LogP contribution in [0.15, 0.2) is 53.9 Å². The number of carbonyl (C=O) groups is 1. The molecule has 0 unspecified atom stereocenters. The summed E-state index contributed by atoms with van der Waals surface area (Å²) in [5, 5.41) is 13.3. The van der Waals surface area contributed by atoms with E-state index in [1.807, 2.05) is 29.6 Å². The van der Waals surface area contributed by atoms with Crippen LogP contribution in [-0.4, -0.2) is 25.9 Å². The Labute approximate surface area is 152 Å². The van der Waals surface area contributed by atoms with Gasteiger partial charge in [0.25, 0.3) is 0 Å². The van der Waals surface area contributed by atoms with Crippen molar-refractivity contribution in [3.63, 3.8) is 0 Å². The van der Waals surface area contributed by atoms with Crippen LogP contribution in [0.4, 0.5) is 9.52 Å². The molecule has 1 amide bonds. The molecule has 0 fully saturated rings. The molecule has 0 atom stereocenters. The number of halogens is 1. The molecule has 2 heterocycles. The first-order chi connectivity index (χ1) is 12.7. The molecule has 2 aromatic heterocycles. The molecule has 26 heavy (non-hydrogen) atoms. The second-order valence-electron chi connectivity index (χ2n) is 5.64. The van der Waals surface area contributed by atoms with Gasteiger partial charge in [-0.2, -0.15) is 0 Å². The van der Waals surface area contributed by atoms with Crippen molar-refractivity contribution in [1.29, 1.82) is 0 Å². The zero-order valence-corrected chi connectivity index (χ0v) is 14.4. The summed E-state index contributed by atoms with van der Waals surface area (Å²) in [6.45, 7) is 0.433. The third-order valence-corrected chi connectivity index (χ3v) is 4.62. The number of aryl methyl sites for hydroxylation is 1. The Kier molecular flexibility index (Phi) is 4.40. The quantitative estimate of drug-likeness (QED) is 0.583. The number of anilines is 1. The van der Waals surface area contributed by atoms with E-state index in [0.29, 0.717) is 17.4 Å². The third kappa shape index (κ3) is 3.45. The standard InChI is InChI=1S/C18H14FN5OS/c19-13-7-5-12(6-8-13)15-11-26-18(20-15)21-17(25)9-10-24-16-4-2-1-3-14(16)22-23-24/h1-8,11H,9-10H2,(H,20,21,25). The molecule has 2 aromatic carbocycles. The van der Waals surface area contributed by atoms with Gasteiger partial charge in [-0.3, -0.25) is 4.79 Å². The van der Waals surface area contributed by atoms with Crippen molar-refractivity contribution in [3.8, 4) is 11.3 Å². The largest absolute Gasteiger partial charge is 0.302 e. The van der Waals surface area contributed by atoms with Crippen LogP contribution >= 0.6 is 11.3 Å². The average molecular weight is 367 g/mol. The van der Waals surface area contributed by atoms with Crippen LogP contribution in [0.25, 0.3) is 22.3 Å². The molecular weight excluding hydrogens is 353 g/mol. The van der Waals surface area contributed by atoms with E-state index in [9.17, 15) is 9.18 Å². The summed E-state index contributed by atoms with van der Waals surface area (Å²) >= 11 is 1.33. The van der Waals surface area contributed by atoms with E-state index in [2.05, 4.69) is 20.6 Å². The third-order valence-electron chi connectivity index (χ3n) is 3.86. The molecule has 4 rings (SSSR count). The number of para-hydroxylation sites is 1. The van der Waals surface area contributed by atoms with Gasteiger partial charge < -0.3 is 5.32 Å². The fourth-order valence-corrected chi connectivity index (χ4v) is 3.29. The number of hydrogen-bond acceptors (Lipinski definition) is 5. The monoisotopic (exact) mass is 367 g/mol.